The van der Waals surface area contributed by atoms with Gasteiger partial charge >= 0.3 is 12.1 Å². The molecule has 0 saturated carbocycles. The average molecular weight is 373 g/mol. The average Bonchev–Trinajstić information content (AvgIpc) is 2.69. The van der Waals surface area contributed by atoms with Gasteiger partial charge in [-0.1, -0.05) is 0 Å². The van der Waals surface area contributed by atoms with Crippen LogP contribution in [0.15, 0.2) is 48.5 Å². The number of nitrogens with one attached hydrogen (secondary N) is 2. The van der Waals surface area contributed by atoms with Crippen LogP contribution in [0.2, 0.25) is 0 Å². The number of benzene rings is 2. The van der Waals surface area contributed by atoms with Crippen molar-refractivity contribution in [2.45, 2.75) is 0 Å². The summed E-state index contributed by atoms with van der Waals surface area (Å²) in [7, 11) is 4.57. The van der Waals surface area contributed by atoms with Gasteiger partial charge in [-0.15, -0.1) is 0 Å². The van der Waals surface area contributed by atoms with E-state index in [-0.39, 0.29) is 6.03 Å². The Kier molecular flexibility index (Phi) is 7.30. The third-order valence-corrected chi connectivity index (χ3v) is 3.67. The van der Waals surface area contributed by atoms with Crippen molar-refractivity contribution in [3.63, 3.8) is 0 Å². The number of urea groups is 1. The highest BCUT2D eigenvalue weighted by molar-refractivity contribution is 5.90. The van der Waals surface area contributed by atoms with Gasteiger partial charge in [-0.05, 0) is 48.5 Å². The van der Waals surface area contributed by atoms with Crippen LogP contribution < -0.4 is 20.1 Å². The molecule has 2 rings (SSSR count). The van der Waals surface area contributed by atoms with E-state index in [0.29, 0.717) is 30.3 Å². The quantitative estimate of drug-likeness (QED) is 0.776. The highest BCUT2D eigenvalue weighted by Gasteiger charge is 2.09. The Bertz CT molecular complexity index is 747. The number of nitrogens with zero attached hydrogens (tertiary/aromatic N) is 1. The van der Waals surface area contributed by atoms with Gasteiger partial charge in [0, 0.05) is 18.4 Å². The molecule has 0 saturated heterocycles. The SMILES string of the molecule is COC(=O)Nc1ccc(NC(=O)N(C)CCOc2ccc(OC)cc2)cc1. The van der Waals surface area contributed by atoms with Crippen LogP contribution in [0.4, 0.5) is 21.0 Å². The van der Waals surface area contributed by atoms with Crippen molar-refractivity contribution in [3.05, 3.63) is 48.5 Å². The molecule has 27 heavy (non-hydrogen) atoms. The number of carbonyl (C=O) groups is 2. The molecule has 0 radical (unpaired) electrons. The molecular weight excluding hydrogens is 350 g/mol. The number of hydrogen-bond donors (Lipinski definition) is 2. The Labute approximate surface area is 158 Å². The first-order valence-corrected chi connectivity index (χ1v) is 8.26. The van der Waals surface area contributed by atoms with Crippen molar-refractivity contribution in [2.24, 2.45) is 0 Å². The third kappa shape index (κ3) is 6.43. The fraction of sp³-hybridized carbons (Fsp3) is 0.263. The zero-order valence-electron chi connectivity index (χ0n) is 15.5. The normalized spacial score (nSPS) is 9.89. The van der Waals surface area contributed by atoms with Gasteiger partial charge in [0.15, 0.2) is 0 Å². The van der Waals surface area contributed by atoms with Crippen LogP contribution in [-0.4, -0.2) is 51.4 Å². The van der Waals surface area contributed by atoms with E-state index in [1.807, 2.05) is 24.3 Å². The van der Waals surface area contributed by atoms with Crippen molar-refractivity contribution in [1.82, 2.24) is 4.90 Å². The van der Waals surface area contributed by atoms with Crippen LogP contribution in [0.3, 0.4) is 0 Å². The number of anilines is 2. The Morgan fingerprint density at radius 3 is 2.00 bits per heavy atom. The molecule has 3 amide bonds. The van der Waals surface area contributed by atoms with Gasteiger partial charge in [0.05, 0.1) is 20.8 Å². The van der Waals surface area contributed by atoms with Gasteiger partial charge in [-0.25, -0.2) is 9.59 Å². The molecule has 0 bridgehead atoms. The maximum Gasteiger partial charge on any atom is 0.411 e. The van der Waals surface area contributed by atoms with Gasteiger partial charge in [-0.3, -0.25) is 5.32 Å². The van der Waals surface area contributed by atoms with E-state index in [0.717, 1.165) is 5.75 Å². The van der Waals surface area contributed by atoms with Crippen LogP contribution in [0, 0.1) is 0 Å². The van der Waals surface area contributed by atoms with Crippen LogP contribution in [0.5, 0.6) is 11.5 Å². The molecule has 0 heterocycles. The van der Waals surface area contributed by atoms with Crippen molar-refractivity contribution < 1.29 is 23.8 Å². The molecule has 144 valence electrons. The number of carbonyl (C=O) groups excluding carboxylic acids is 2. The zero-order valence-corrected chi connectivity index (χ0v) is 15.5. The number of methoxy groups -OCH3 is 2. The maximum atomic E-state index is 12.2. The number of rotatable bonds is 7. The van der Waals surface area contributed by atoms with Gasteiger partial charge in [-0.2, -0.15) is 0 Å². The maximum absolute atomic E-state index is 12.2. The van der Waals surface area contributed by atoms with Crippen LogP contribution in [0.1, 0.15) is 0 Å². The Balaban J connectivity index is 1.76. The summed E-state index contributed by atoms with van der Waals surface area (Å²) in [5, 5.41) is 5.31. The Morgan fingerprint density at radius 1 is 0.889 bits per heavy atom. The third-order valence-electron chi connectivity index (χ3n) is 3.67. The van der Waals surface area contributed by atoms with Crippen LogP contribution in [-0.2, 0) is 4.74 Å². The molecule has 0 fully saturated rings. The topological polar surface area (TPSA) is 89.1 Å². The van der Waals surface area contributed by atoms with E-state index in [1.165, 1.54) is 12.0 Å². The monoisotopic (exact) mass is 373 g/mol. The van der Waals surface area contributed by atoms with Crippen molar-refractivity contribution in [3.8, 4) is 11.5 Å². The molecule has 0 spiro atoms. The molecule has 2 aromatic carbocycles. The molecule has 8 nitrogen and oxygen atoms in total. The summed E-state index contributed by atoms with van der Waals surface area (Å²) in [5.41, 5.74) is 1.18. The van der Waals surface area contributed by atoms with Gasteiger partial charge in [0.25, 0.3) is 0 Å². The number of hydrogen-bond acceptors (Lipinski definition) is 5. The van der Waals surface area contributed by atoms with E-state index in [1.54, 1.807) is 38.4 Å². The van der Waals surface area contributed by atoms with E-state index in [2.05, 4.69) is 15.4 Å². The van der Waals surface area contributed by atoms with Crippen molar-refractivity contribution in [2.75, 3.05) is 45.1 Å². The molecular formula is C19H23N3O5. The lowest BCUT2D eigenvalue weighted by atomic mass is 10.3. The van der Waals surface area contributed by atoms with Gasteiger partial charge in [0.1, 0.15) is 18.1 Å². The van der Waals surface area contributed by atoms with Crippen molar-refractivity contribution >= 4 is 23.5 Å². The van der Waals surface area contributed by atoms with Gasteiger partial charge in [0.2, 0.25) is 0 Å². The minimum absolute atomic E-state index is 0.262. The second-order valence-corrected chi connectivity index (χ2v) is 5.57. The summed E-state index contributed by atoms with van der Waals surface area (Å²) in [4.78, 5) is 24.9. The summed E-state index contributed by atoms with van der Waals surface area (Å²) < 4.78 is 15.2. The predicted octanol–water partition coefficient (Wildman–Crippen LogP) is 3.42. The smallest absolute Gasteiger partial charge is 0.411 e. The summed E-state index contributed by atoms with van der Waals surface area (Å²) in [6, 6.07) is 13.7. The summed E-state index contributed by atoms with van der Waals surface area (Å²) >= 11 is 0. The minimum Gasteiger partial charge on any atom is -0.497 e. The van der Waals surface area contributed by atoms with Gasteiger partial charge < -0.3 is 24.4 Å². The Morgan fingerprint density at radius 2 is 1.44 bits per heavy atom. The lowest BCUT2D eigenvalue weighted by Gasteiger charge is -2.18. The molecule has 0 unspecified atom stereocenters. The largest absolute Gasteiger partial charge is 0.497 e. The minimum atomic E-state index is -0.552. The van der Waals surface area contributed by atoms with E-state index in [9.17, 15) is 9.59 Å². The summed E-state index contributed by atoms with van der Waals surface area (Å²) in [6.07, 6.45) is -0.552. The lowest BCUT2D eigenvalue weighted by Crippen LogP contribution is -2.34. The lowest BCUT2D eigenvalue weighted by molar-refractivity contribution is 0.187. The molecule has 0 aromatic heterocycles. The van der Waals surface area contributed by atoms with Crippen LogP contribution >= 0.6 is 0 Å². The molecule has 0 aliphatic carbocycles. The van der Waals surface area contributed by atoms with Crippen LogP contribution in [0.25, 0.3) is 0 Å². The first kappa shape index (κ1) is 19.9. The molecule has 0 aliphatic heterocycles. The first-order valence-electron chi connectivity index (χ1n) is 8.26. The molecule has 0 aliphatic rings. The summed E-state index contributed by atoms with van der Waals surface area (Å²) in [6.45, 7) is 0.776. The first-order chi connectivity index (χ1) is 13.0. The fourth-order valence-corrected chi connectivity index (χ4v) is 2.10. The zero-order chi connectivity index (χ0) is 19.6. The highest BCUT2D eigenvalue weighted by atomic mass is 16.5. The second kappa shape index (κ2) is 9.91. The van der Waals surface area contributed by atoms with E-state index in [4.69, 9.17) is 9.47 Å². The standard InChI is InChI=1S/C19H23N3O5/c1-22(12-13-27-17-10-8-16(25-2)9-11-17)18(23)20-14-4-6-15(7-5-14)21-19(24)26-3/h4-11H,12-13H2,1-3H3,(H,20,23)(H,21,24). The van der Waals surface area contributed by atoms with E-state index >= 15 is 0 Å². The Hall–Kier alpha value is -3.42. The molecule has 0 atom stereocenters. The van der Waals surface area contributed by atoms with E-state index < -0.39 is 6.09 Å². The summed E-state index contributed by atoms with van der Waals surface area (Å²) in [5.74, 6) is 1.46. The molecule has 8 heteroatoms. The highest BCUT2D eigenvalue weighted by Crippen LogP contribution is 2.17. The number of amides is 3. The predicted molar refractivity (Wildman–Crippen MR) is 103 cm³/mol. The number of ether oxygens (including phenoxy) is 3. The second-order valence-electron chi connectivity index (χ2n) is 5.57. The van der Waals surface area contributed by atoms with Crippen molar-refractivity contribution in [1.29, 1.82) is 0 Å². The molecule has 2 N–H and O–H groups in total. The fourth-order valence-electron chi connectivity index (χ4n) is 2.10. The number of likely N-dealkylation sites (N-methyl/N-ethyl adjacent to an activating group) is 1. The molecule has 2 aromatic rings.